The summed E-state index contributed by atoms with van der Waals surface area (Å²) in [5.41, 5.74) is 8.39. The van der Waals surface area contributed by atoms with Crippen LogP contribution in [0.15, 0.2) is 42.9 Å². The number of hydrogen-bond acceptors (Lipinski definition) is 8. The Morgan fingerprint density at radius 1 is 1.15 bits per heavy atom. The number of fused-ring (bicyclic) bond motifs is 1. The van der Waals surface area contributed by atoms with Crippen LogP contribution in [0, 0.1) is 0 Å². The molecule has 1 saturated heterocycles. The SMILES string of the molecule is CCC(NC(=O)Nc1ccc(C(C)(C)C)cc1)N(C[C@H]1O[C@@H](n2ccc3c(N)ncnc32)[C@H](O)[C@@H]1O)C(C)C. The van der Waals surface area contributed by atoms with Gasteiger partial charge >= 0.3 is 6.03 Å². The predicted octanol–water partition coefficient (Wildman–Crippen LogP) is 3.20. The van der Waals surface area contributed by atoms with Gasteiger partial charge in [-0.1, -0.05) is 39.8 Å². The number of aliphatic hydroxyl groups is 2. The average Bonchev–Trinajstić information content (AvgIpc) is 3.42. The van der Waals surface area contributed by atoms with Gasteiger partial charge in [0.15, 0.2) is 6.23 Å². The molecule has 1 aliphatic heterocycles. The van der Waals surface area contributed by atoms with Gasteiger partial charge in [0.2, 0.25) is 0 Å². The molecular formula is C28H41N7O4. The summed E-state index contributed by atoms with van der Waals surface area (Å²) in [6.45, 7) is 12.7. The number of rotatable bonds is 8. The van der Waals surface area contributed by atoms with Crippen LogP contribution in [0.2, 0.25) is 0 Å². The van der Waals surface area contributed by atoms with E-state index in [0.717, 1.165) is 0 Å². The number of benzene rings is 1. The third-order valence-corrected chi connectivity index (χ3v) is 7.30. The van der Waals surface area contributed by atoms with Crippen molar-refractivity contribution in [1.29, 1.82) is 0 Å². The Balaban J connectivity index is 1.44. The second-order valence-corrected chi connectivity index (χ2v) is 11.4. The van der Waals surface area contributed by atoms with Crippen LogP contribution in [0.3, 0.4) is 0 Å². The first-order valence-electron chi connectivity index (χ1n) is 13.4. The van der Waals surface area contributed by atoms with Gasteiger partial charge in [0.1, 0.15) is 36.1 Å². The molecule has 0 bridgehead atoms. The van der Waals surface area contributed by atoms with Crippen molar-refractivity contribution in [3.8, 4) is 0 Å². The van der Waals surface area contributed by atoms with Gasteiger partial charge in [-0.15, -0.1) is 0 Å². The lowest BCUT2D eigenvalue weighted by atomic mass is 9.87. The van der Waals surface area contributed by atoms with Gasteiger partial charge in [-0.3, -0.25) is 4.90 Å². The predicted molar refractivity (Wildman–Crippen MR) is 151 cm³/mol. The molecule has 3 aromatic rings. The second-order valence-electron chi connectivity index (χ2n) is 11.4. The lowest BCUT2D eigenvalue weighted by molar-refractivity contribution is -0.0531. The van der Waals surface area contributed by atoms with Crippen molar-refractivity contribution in [2.45, 2.75) is 90.1 Å². The van der Waals surface area contributed by atoms with Crippen molar-refractivity contribution < 1.29 is 19.7 Å². The number of ether oxygens (including phenoxy) is 1. The number of amides is 2. The molecule has 3 heterocycles. The van der Waals surface area contributed by atoms with Gasteiger partial charge in [0.25, 0.3) is 0 Å². The topological polar surface area (TPSA) is 151 Å². The number of carbonyl (C=O) groups excluding carboxylic acids is 1. The van der Waals surface area contributed by atoms with Crippen LogP contribution in [0.5, 0.6) is 0 Å². The number of urea groups is 1. The Morgan fingerprint density at radius 2 is 1.85 bits per heavy atom. The smallest absolute Gasteiger partial charge is 0.320 e. The van der Waals surface area contributed by atoms with Crippen molar-refractivity contribution in [1.82, 2.24) is 24.8 Å². The van der Waals surface area contributed by atoms with Crippen molar-refractivity contribution in [3.63, 3.8) is 0 Å². The largest absolute Gasteiger partial charge is 0.387 e. The van der Waals surface area contributed by atoms with Crippen molar-refractivity contribution in [3.05, 3.63) is 48.4 Å². The maximum atomic E-state index is 12.9. The summed E-state index contributed by atoms with van der Waals surface area (Å²) in [5.74, 6) is 0.328. The third kappa shape index (κ3) is 6.17. The molecule has 212 valence electrons. The quantitative estimate of drug-likeness (QED) is 0.274. The Hall–Kier alpha value is -3.25. The number of aromatic nitrogens is 3. The van der Waals surface area contributed by atoms with Crippen LogP contribution in [0.1, 0.15) is 59.8 Å². The van der Waals surface area contributed by atoms with Crippen LogP contribution in [-0.4, -0.2) is 72.7 Å². The molecule has 4 rings (SSSR count). The van der Waals surface area contributed by atoms with Gasteiger partial charge in [0, 0.05) is 24.5 Å². The van der Waals surface area contributed by atoms with Crippen molar-refractivity contribution >= 4 is 28.6 Å². The van der Waals surface area contributed by atoms with Gasteiger partial charge < -0.3 is 35.9 Å². The number of nitrogens with zero attached hydrogens (tertiary/aromatic N) is 4. The van der Waals surface area contributed by atoms with E-state index >= 15 is 0 Å². The molecular weight excluding hydrogens is 498 g/mol. The summed E-state index contributed by atoms with van der Waals surface area (Å²) in [5, 5.41) is 28.4. The first-order chi connectivity index (χ1) is 18.4. The molecule has 0 radical (unpaired) electrons. The van der Waals surface area contributed by atoms with E-state index in [1.54, 1.807) is 16.8 Å². The van der Waals surface area contributed by atoms with Crippen LogP contribution >= 0.6 is 0 Å². The number of hydrogen-bond donors (Lipinski definition) is 5. The van der Waals surface area contributed by atoms with E-state index < -0.39 is 24.5 Å². The lowest BCUT2D eigenvalue weighted by Gasteiger charge is -2.36. The fourth-order valence-corrected chi connectivity index (χ4v) is 5.00. The number of nitrogen functional groups attached to an aromatic ring is 1. The molecule has 0 spiro atoms. The van der Waals surface area contributed by atoms with Crippen molar-refractivity contribution in [2.24, 2.45) is 0 Å². The normalized spacial score (nSPS) is 22.5. The molecule has 5 atom stereocenters. The first kappa shape index (κ1) is 28.8. The zero-order valence-corrected chi connectivity index (χ0v) is 23.5. The van der Waals surface area contributed by atoms with Crippen LogP contribution in [0.25, 0.3) is 11.0 Å². The first-order valence-corrected chi connectivity index (χ1v) is 13.4. The number of nitrogens with one attached hydrogen (secondary N) is 2. The van der Waals surface area contributed by atoms with Crippen LogP contribution in [-0.2, 0) is 10.2 Å². The highest BCUT2D eigenvalue weighted by Gasteiger charge is 2.45. The van der Waals surface area contributed by atoms with E-state index in [0.29, 0.717) is 35.5 Å². The Morgan fingerprint density at radius 3 is 2.46 bits per heavy atom. The fraction of sp³-hybridized carbons (Fsp3) is 0.536. The van der Waals surface area contributed by atoms with Gasteiger partial charge in [-0.25, -0.2) is 14.8 Å². The molecule has 0 aliphatic carbocycles. The highest BCUT2D eigenvalue weighted by Crippen LogP contribution is 2.33. The molecule has 1 aliphatic rings. The highest BCUT2D eigenvalue weighted by molar-refractivity contribution is 5.89. The van der Waals surface area contributed by atoms with E-state index in [1.165, 1.54) is 11.9 Å². The minimum Gasteiger partial charge on any atom is -0.387 e. The number of anilines is 2. The van der Waals surface area contributed by atoms with Gasteiger partial charge in [0.05, 0.1) is 11.6 Å². The minimum absolute atomic E-state index is 0.0215. The molecule has 11 heteroatoms. The van der Waals surface area contributed by atoms with Crippen LogP contribution < -0.4 is 16.4 Å². The summed E-state index contributed by atoms with van der Waals surface area (Å²) in [6.07, 6.45) is -0.499. The summed E-state index contributed by atoms with van der Waals surface area (Å²) < 4.78 is 7.85. The number of nitrogens with two attached hydrogens (primary N) is 1. The Kier molecular flexibility index (Phi) is 8.45. The number of carbonyl (C=O) groups is 1. The standard InChI is InChI=1S/C28H41N7O4/c1-7-21(33-27(38)32-18-10-8-17(9-11-18)28(4,5)6)35(16(2)3)14-20-22(36)23(37)26(39-20)34-13-12-19-24(29)30-15-31-25(19)34/h8-13,15-16,20-23,26,36-37H,7,14H2,1-6H3,(H2,29,30,31)(H2,32,33,38)/t20-,21?,22-,23-,26-/m1/s1. The van der Waals surface area contributed by atoms with E-state index in [4.69, 9.17) is 10.5 Å². The molecule has 11 nitrogen and oxygen atoms in total. The van der Waals surface area contributed by atoms with E-state index in [-0.39, 0.29) is 23.7 Å². The lowest BCUT2D eigenvalue weighted by Crippen LogP contribution is -2.55. The summed E-state index contributed by atoms with van der Waals surface area (Å²) in [6, 6.07) is 9.29. The maximum absolute atomic E-state index is 12.9. The highest BCUT2D eigenvalue weighted by atomic mass is 16.6. The molecule has 39 heavy (non-hydrogen) atoms. The monoisotopic (exact) mass is 539 g/mol. The molecule has 0 saturated carbocycles. The molecule has 6 N–H and O–H groups in total. The summed E-state index contributed by atoms with van der Waals surface area (Å²) >= 11 is 0. The Labute approximate surface area is 229 Å². The molecule has 1 fully saturated rings. The van der Waals surface area contributed by atoms with Crippen LogP contribution in [0.4, 0.5) is 16.3 Å². The maximum Gasteiger partial charge on any atom is 0.320 e. The van der Waals surface area contributed by atoms with E-state index in [2.05, 4.69) is 46.3 Å². The molecule has 1 aromatic carbocycles. The molecule has 1 unspecified atom stereocenters. The fourth-order valence-electron chi connectivity index (χ4n) is 5.00. The van der Waals surface area contributed by atoms with Crippen molar-refractivity contribution in [2.75, 3.05) is 17.6 Å². The Bertz CT molecular complexity index is 1270. The molecule has 2 aromatic heterocycles. The number of aliphatic hydroxyl groups excluding tert-OH is 2. The van der Waals surface area contributed by atoms with E-state index in [9.17, 15) is 15.0 Å². The van der Waals surface area contributed by atoms with Gasteiger partial charge in [-0.2, -0.15) is 0 Å². The second kappa shape index (κ2) is 11.5. The third-order valence-electron chi connectivity index (χ3n) is 7.30. The zero-order valence-electron chi connectivity index (χ0n) is 23.5. The summed E-state index contributed by atoms with van der Waals surface area (Å²) in [4.78, 5) is 23.2. The van der Waals surface area contributed by atoms with E-state index in [1.807, 2.05) is 45.0 Å². The minimum atomic E-state index is -1.18. The zero-order chi connectivity index (χ0) is 28.5. The van der Waals surface area contributed by atoms with Gasteiger partial charge in [-0.05, 0) is 49.4 Å². The summed E-state index contributed by atoms with van der Waals surface area (Å²) in [7, 11) is 0. The average molecular weight is 540 g/mol. The molecule has 2 amide bonds.